The molecule has 1 saturated heterocycles. The van der Waals surface area contributed by atoms with Crippen LogP contribution in [0.1, 0.15) is 23.2 Å². The third-order valence-electron chi connectivity index (χ3n) is 4.71. The number of rotatable bonds is 5. The van der Waals surface area contributed by atoms with Crippen LogP contribution in [0.25, 0.3) is 0 Å². The number of hydrogen-bond acceptors (Lipinski definition) is 3. The molecule has 3 rings (SSSR count). The molecule has 0 bridgehead atoms. The van der Waals surface area contributed by atoms with E-state index in [1.54, 1.807) is 18.2 Å². The highest BCUT2D eigenvalue weighted by atomic mass is 35.5. The summed E-state index contributed by atoms with van der Waals surface area (Å²) in [4.78, 5) is 14.2. The van der Waals surface area contributed by atoms with Crippen molar-refractivity contribution in [2.24, 2.45) is 0 Å². The molecule has 1 fully saturated rings. The first-order valence-corrected chi connectivity index (χ1v) is 8.97. The Hall–Kier alpha value is -1.87. The van der Waals surface area contributed by atoms with Crippen LogP contribution in [-0.4, -0.2) is 43.2 Å². The summed E-state index contributed by atoms with van der Waals surface area (Å²) in [6.45, 7) is 0.810. The second kappa shape index (κ2) is 11.5. The monoisotopic (exact) mass is 467 g/mol. The number of hydrogen-bond donors (Lipinski definition) is 2. The topological polar surface area (TPSA) is 44.4 Å². The van der Waals surface area contributed by atoms with Crippen LogP contribution in [-0.2, 0) is 4.79 Å². The van der Waals surface area contributed by atoms with Crippen molar-refractivity contribution in [2.45, 2.75) is 18.3 Å². The van der Waals surface area contributed by atoms with Gasteiger partial charge in [0.25, 0.3) is 0 Å². The summed E-state index contributed by atoms with van der Waals surface area (Å²) >= 11 is 0. The highest BCUT2D eigenvalue weighted by Gasteiger charge is 2.41. The molecule has 1 amide bonds. The summed E-state index contributed by atoms with van der Waals surface area (Å²) in [5.41, 5.74) is 0.653. The van der Waals surface area contributed by atoms with Crippen LogP contribution < -0.4 is 10.6 Å². The Kier molecular flexibility index (Phi) is 10.0. The highest BCUT2D eigenvalue weighted by molar-refractivity contribution is 5.85. The second-order valence-corrected chi connectivity index (χ2v) is 6.63. The lowest BCUT2D eigenvalue weighted by atomic mass is 10.0. The molecule has 0 aromatic heterocycles. The molecule has 2 unspecified atom stereocenters. The smallest absolute Gasteiger partial charge is 0.332 e. The van der Waals surface area contributed by atoms with E-state index in [9.17, 15) is 22.4 Å². The fourth-order valence-electron chi connectivity index (χ4n) is 3.37. The van der Waals surface area contributed by atoms with Crippen LogP contribution in [0.5, 0.6) is 0 Å². The van der Waals surface area contributed by atoms with Crippen molar-refractivity contribution < 1.29 is 22.4 Å². The van der Waals surface area contributed by atoms with Crippen molar-refractivity contribution in [2.75, 3.05) is 26.2 Å². The average molecular weight is 468 g/mol. The van der Waals surface area contributed by atoms with Crippen molar-refractivity contribution in [1.29, 1.82) is 0 Å². The fourth-order valence-corrected chi connectivity index (χ4v) is 3.37. The van der Waals surface area contributed by atoms with Crippen molar-refractivity contribution in [3.63, 3.8) is 0 Å². The van der Waals surface area contributed by atoms with Gasteiger partial charge in [0, 0.05) is 19.6 Å². The van der Waals surface area contributed by atoms with E-state index in [0.29, 0.717) is 25.2 Å². The molecule has 30 heavy (non-hydrogen) atoms. The Morgan fingerprint density at radius 3 is 2.47 bits per heavy atom. The molecular formula is C20H23Cl2F4N3O. The third-order valence-corrected chi connectivity index (χ3v) is 4.71. The SMILES string of the molecule is Cl.Cl.O=C(CNC(c1ccccc1)C(F)(F)F)N1CCNCC1c1cccc(F)c1. The highest BCUT2D eigenvalue weighted by Crippen LogP contribution is 2.32. The van der Waals surface area contributed by atoms with Gasteiger partial charge in [-0.2, -0.15) is 13.2 Å². The molecule has 10 heteroatoms. The van der Waals surface area contributed by atoms with Gasteiger partial charge in [-0.3, -0.25) is 10.1 Å². The van der Waals surface area contributed by atoms with E-state index in [4.69, 9.17) is 0 Å². The van der Waals surface area contributed by atoms with Crippen LogP contribution in [0.3, 0.4) is 0 Å². The minimum Gasteiger partial charge on any atom is -0.332 e. The summed E-state index contributed by atoms with van der Waals surface area (Å²) in [6.07, 6.45) is -4.53. The maximum atomic E-state index is 13.6. The molecule has 2 aromatic carbocycles. The summed E-state index contributed by atoms with van der Waals surface area (Å²) in [5.74, 6) is -0.879. The van der Waals surface area contributed by atoms with Gasteiger partial charge in [0.05, 0.1) is 12.6 Å². The maximum absolute atomic E-state index is 13.6. The van der Waals surface area contributed by atoms with Gasteiger partial charge in [-0.15, -0.1) is 24.8 Å². The van der Waals surface area contributed by atoms with Crippen molar-refractivity contribution in [3.8, 4) is 0 Å². The number of carbonyl (C=O) groups is 1. The van der Waals surface area contributed by atoms with Crippen LogP contribution in [0.15, 0.2) is 54.6 Å². The molecular weight excluding hydrogens is 445 g/mol. The molecule has 0 saturated carbocycles. The quantitative estimate of drug-likeness (QED) is 0.652. The molecule has 2 atom stereocenters. The largest absolute Gasteiger partial charge is 0.407 e. The standard InChI is InChI=1S/C20H21F4N3O.2ClH/c21-16-8-4-7-15(11-16)17-12-25-9-10-27(17)18(28)13-26-19(20(22,23)24)14-5-2-1-3-6-14;;/h1-8,11,17,19,25-26H,9-10,12-13H2;2*1H. The van der Waals surface area contributed by atoms with E-state index < -0.39 is 36.5 Å². The predicted octanol–water partition coefficient (Wildman–Crippen LogP) is 4.04. The number of halogens is 6. The molecule has 4 nitrogen and oxygen atoms in total. The van der Waals surface area contributed by atoms with Gasteiger partial charge in [0.15, 0.2) is 0 Å². The zero-order valence-corrected chi connectivity index (χ0v) is 17.5. The van der Waals surface area contributed by atoms with Crippen LogP contribution in [0.4, 0.5) is 17.6 Å². The Morgan fingerprint density at radius 1 is 1.13 bits per heavy atom. The van der Waals surface area contributed by atoms with Crippen molar-refractivity contribution in [1.82, 2.24) is 15.5 Å². The number of alkyl halides is 3. The molecule has 0 spiro atoms. The molecule has 0 radical (unpaired) electrons. The predicted molar refractivity (Wildman–Crippen MR) is 111 cm³/mol. The lowest BCUT2D eigenvalue weighted by Crippen LogP contribution is -2.51. The number of benzene rings is 2. The lowest BCUT2D eigenvalue weighted by molar-refractivity contribution is -0.159. The van der Waals surface area contributed by atoms with Gasteiger partial charge >= 0.3 is 6.18 Å². The van der Waals surface area contributed by atoms with E-state index in [1.807, 2.05) is 0 Å². The van der Waals surface area contributed by atoms with Gasteiger partial charge in [-0.1, -0.05) is 42.5 Å². The molecule has 2 N–H and O–H groups in total. The first-order valence-electron chi connectivity index (χ1n) is 8.97. The minimum absolute atomic E-state index is 0. The van der Waals surface area contributed by atoms with E-state index >= 15 is 0 Å². The van der Waals surface area contributed by atoms with Gasteiger partial charge in [0.1, 0.15) is 11.9 Å². The fraction of sp³-hybridized carbons (Fsp3) is 0.350. The maximum Gasteiger partial charge on any atom is 0.407 e. The van der Waals surface area contributed by atoms with Gasteiger partial charge in [0.2, 0.25) is 5.91 Å². The van der Waals surface area contributed by atoms with Crippen LogP contribution in [0, 0.1) is 5.82 Å². The Bertz CT molecular complexity index is 808. The summed E-state index contributed by atoms with van der Waals surface area (Å²) in [7, 11) is 0. The number of piperazine rings is 1. The normalized spacial score (nSPS) is 17.5. The Morgan fingerprint density at radius 2 is 1.83 bits per heavy atom. The summed E-state index contributed by atoms with van der Waals surface area (Å²) in [5, 5.41) is 5.48. The van der Waals surface area contributed by atoms with E-state index in [1.165, 1.54) is 41.3 Å². The van der Waals surface area contributed by atoms with Crippen molar-refractivity contribution >= 4 is 30.7 Å². The van der Waals surface area contributed by atoms with Gasteiger partial charge in [-0.05, 0) is 23.3 Å². The number of nitrogens with one attached hydrogen (secondary N) is 2. The molecule has 166 valence electrons. The average Bonchev–Trinajstić information content (AvgIpc) is 2.68. The van der Waals surface area contributed by atoms with E-state index in [-0.39, 0.29) is 30.4 Å². The third kappa shape index (κ3) is 6.57. The number of amides is 1. The molecule has 1 heterocycles. The Labute approximate surface area is 184 Å². The molecule has 0 aliphatic carbocycles. The Balaban J connectivity index is 0.00000225. The van der Waals surface area contributed by atoms with Crippen LogP contribution in [0.2, 0.25) is 0 Å². The number of carbonyl (C=O) groups excluding carboxylic acids is 1. The summed E-state index contributed by atoms with van der Waals surface area (Å²) < 4.78 is 53.9. The second-order valence-electron chi connectivity index (χ2n) is 6.63. The van der Waals surface area contributed by atoms with Gasteiger partial charge in [-0.25, -0.2) is 4.39 Å². The zero-order chi connectivity index (χ0) is 20.1. The van der Waals surface area contributed by atoms with Crippen LogP contribution >= 0.6 is 24.8 Å². The lowest BCUT2D eigenvalue weighted by Gasteiger charge is -2.37. The van der Waals surface area contributed by atoms with Gasteiger partial charge < -0.3 is 10.2 Å². The molecule has 2 aromatic rings. The van der Waals surface area contributed by atoms with E-state index in [0.717, 1.165) is 0 Å². The number of nitrogens with zero attached hydrogens (tertiary/aromatic N) is 1. The molecule has 1 aliphatic heterocycles. The van der Waals surface area contributed by atoms with E-state index in [2.05, 4.69) is 10.6 Å². The molecule has 1 aliphatic rings. The first kappa shape index (κ1) is 26.2. The summed E-state index contributed by atoms with van der Waals surface area (Å²) in [6, 6.07) is 11.0. The first-order chi connectivity index (χ1) is 13.4. The minimum atomic E-state index is -4.53. The van der Waals surface area contributed by atoms with Crippen molar-refractivity contribution in [3.05, 3.63) is 71.5 Å². The zero-order valence-electron chi connectivity index (χ0n) is 15.9.